The molecule has 0 aliphatic rings. The summed E-state index contributed by atoms with van der Waals surface area (Å²) in [4.78, 5) is 0. The summed E-state index contributed by atoms with van der Waals surface area (Å²) >= 11 is 5.50. The Morgan fingerprint density at radius 2 is 1.50 bits per heavy atom. The van der Waals surface area contributed by atoms with Crippen LogP contribution in [0.1, 0.15) is 40.5 Å². The second kappa shape index (κ2) is 7.88. The average Bonchev–Trinajstić information content (AvgIpc) is 2.05. The molecule has 0 aromatic rings. The lowest BCUT2D eigenvalue weighted by Gasteiger charge is -2.16. The van der Waals surface area contributed by atoms with E-state index in [1.165, 1.54) is 0 Å². The molecule has 0 radical (unpaired) electrons. The largest absolute Gasteiger partial charge is 0.186 e. The SMILES string of the molecule is CCC(C)C(=NCl)C(C)CC.Cl. The number of hydrogen-bond acceptors (Lipinski definition) is 1. The summed E-state index contributed by atoms with van der Waals surface area (Å²) in [5.74, 6) is 1.06. The van der Waals surface area contributed by atoms with Crippen molar-refractivity contribution in [2.45, 2.75) is 40.5 Å². The van der Waals surface area contributed by atoms with E-state index in [9.17, 15) is 0 Å². The Balaban J connectivity index is 0. The van der Waals surface area contributed by atoms with Crippen molar-refractivity contribution in [1.29, 1.82) is 0 Å². The van der Waals surface area contributed by atoms with E-state index < -0.39 is 0 Å². The Hall–Kier alpha value is 0.250. The molecular weight excluding hydrogens is 193 g/mol. The molecule has 0 rings (SSSR count). The van der Waals surface area contributed by atoms with E-state index in [-0.39, 0.29) is 12.4 Å². The molecule has 12 heavy (non-hydrogen) atoms. The monoisotopic (exact) mass is 211 g/mol. The van der Waals surface area contributed by atoms with Crippen molar-refractivity contribution in [3.8, 4) is 0 Å². The molecule has 0 aromatic heterocycles. The Bertz CT molecular complexity index is 122. The third-order valence-corrected chi connectivity index (χ3v) is 2.53. The molecule has 0 amide bonds. The molecule has 0 saturated heterocycles. The van der Waals surface area contributed by atoms with Gasteiger partial charge in [-0.05, 0) is 24.7 Å². The van der Waals surface area contributed by atoms with E-state index in [0.29, 0.717) is 11.8 Å². The van der Waals surface area contributed by atoms with Crippen LogP contribution >= 0.6 is 24.2 Å². The molecular formula is C9H19Cl2N. The zero-order valence-electron chi connectivity index (χ0n) is 8.30. The fourth-order valence-electron chi connectivity index (χ4n) is 1.07. The highest BCUT2D eigenvalue weighted by Gasteiger charge is 2.14. The molecule has 0 aliphatic heterocycles. The highest BCUT2D eigenvalue weighted by atomic mass is 35.5. The van der Waals surface area contributed by atoms with Crippen molar-refractivity contribution in [1.82, 2.24) is 0 Å². The van der Waals surface area contributed by atoms with Gasteiger partial charge in [0.1, 0.15) is 0 Å². The predicted octanol–water partition coefficient (Wildman–Crippen LogP) is 4.10. The van der Waals surface area contributed by atoms with Crippen LogP contribution in [0.3, 0.4) is 0 Å². The lowest BCUT2D eigenvalue weighted by molar-refractivity contribution is 0.645. The van der Waals surface area contributed by atoms with Gasteiger partial charge in [0.2, 0.25) is 0 Å². The smallest absolute Gasteiger partial charge is 0.0382 e. The summed E-state index contributed by atoms with van der Waals surface area (Å²) < 4.78 is 3.82. The normalized spacial score (nSPS) is 14.4. The Kier molecular flexibility index (Phi) is 9.69. The number of nitrogens with zero attached hydrogens (tertiary/aromatic N) is 1. The molecule has 2 unspecified atom stereocenters. The molecule has 0 aromatic carbocycles. The van der Waals surface area contributed by atoms with Crippen molar-refractivity contribution in [3.63, 3.8) is 0 Å². The van der Waals surface area contributed by atoms with E-state index >= 15 is 0 Å². The summed E-state index contributed by atoms with van der Waals surface area (Å²) in [6, 6.07) is 0. The van der Waals surface area contributed by atoms with Gasteiger partial charge < -0.3 is 0 Å². The van der Waals surface area contributed by atoms with Crippen molar-refractivity contribution in [3.05, 3.63) is 0 Å². The van der Waals surface area contributed by atoms with E-state index in [1.807, 2.05) is 0 Å². The fraction of sp³-hybridized carbons (Fsp3) is 0.889. The molecule has 0 fully saturated rings. The standard InChI is InChI=1S/C9H18ClN.ClH/c1-5-7(3)9(11-10)8(4)6-2;/h7-8H,5-6H2,1-4H3;1H. The number of rotatable bonds is 4. The van der Waals surface area contributed by atoms with Gasteiger partial charge in [-0.25, -0.2) is 0 Å². The maximum Gasteiger partial charge on any atom is 0.0382 e. The van der Waals surface area contributed by atoms with Gasteiger partial charge in [-0.15, -0.1) is 12.4 Å². The van der Waals surface area contributed by atoms with Gasteiger partial charge in [-0.3, -0.25) is 0 Å². The first-order valence-corrected chi connectivity index (χ1v) is 4.69. The maximum absolute atomic E-state index is 5.50. The highest BCUT2D eigenvalue weighted by molar-refractivity contribution is 6.20. The fourth-order valence-corrected chi connectivity index (χ4v) is 1.40. The van der Waals surface area contributed by atoms with Crippen LogP contribution in [0, 0.1) is 11.8 Å². The molecule has 0 N–H and O–H groups in total. The predicted molar refractivity (Wildman–Crippen MR) is 59.4 cm³/mol. The van der Waals surface area contributed by atoms with E-state index in [0.717, 1.165) is 18.6 Å². The molecule has 3 heteroatoms. The summed E-state index contributed by atoms with van der Waals surface area (Å²) in [5.41, 5.74) is 1.15. The summed E-state index contributed by atoms with van der Waals surface area (Å²) in [5, 5.41) is 0. The van der Waals surface area contributed by atoms with E-state index in [2.05, 4.69) is 32.2 Å². The molecule has 0 bridgehead atoms. The number of halogens is 2. The zero-order valence-corrected chi connectivity index (χ0v) is 9.87. The second-order valence-electron chi connectivity index (χ2n) is 3.13. The van der Waals surface area contributed by atoms with Gasteiger partial charge in [0, 0.05) is 17.5 Å². The van der Waals surface area contributed by atoms with Crippen LogP contribution in [-0.2, 0) is 0 Å². The van der Waals surface area contributed by atoms with Crippen molar-refractivity contribution in [2.75, 3.05) is 0 Å². The summed E-state index contributed by atoms with van der Waals surface area (Å²) in [6.45, 7) is 8.67. The zero-order chi connectivity index (χ0) is 8.85. The van der Waals surface area contributed by atoms with Crippen molar-refractivity contribution in [2.24, 2.45) is 16.3 Å². The highest BCUT2D eigenvalue weighted by Crippen LogP contribution is 2.15. The number of hydrogen-bond donors (Lipinski definition) is 0. The molecule has 1 nitrogen and oxygen atoms in total. The minimum Gasteiger partial charge on any atom is -0.186 e. The Morgan fingerprint density at radius 3 is 1.67 bits per heavy atom. The molecule has 0 saturated carbocycles. The Morgan fingerprint density at radius 1 is 1.17 bits per heavy atom. The van der Waals surface area contributed by atoms with Crippen LogP contribution in [0.4, 0.5) is 0 Å². The Labute approximate surface area is 87.1 Å². The van der Waals surface area contributed by atoms with Gasteiger partial charge in [-0.2, -0.15) is 4.51 Å². The average molecular weight is 212 g/mol. The molecule has 74 valence electrons. The topological polar surface area (TPSA) is 12.4 Å². The van der Waals surface area contributed by atoms with Crippen LogP contribution in [0.25, 0.3) is 0 Å². The quantitative estimate of drug-likeness (QED) is 0.622. The maximum atomic E-state index is 5.50. The van der Waals surface area contributed by atoms with E-state index in [4.69, 9.17) is 11.8 Å². The molecule has 0 spiro atoms. The minimum atomic E-state index is 0. The third kappa shape index (κ3) is 4.32. The van der Waals surface area contributed by atoms with E-state index in [1.54, 1.807) is 0 Å². The van der Waals surface area contributed by atoms with Crippen LogP contribution in [0.5, 0.6) is 0 Å². The first-order valence-electron chi connectivity index (χ1n) is 4.36. The third-order valence-electron chi connectivity index (χ3n) is 2.33. The molecule has 0 heterocycles. The van der Waals surface area contributed by atoms with Crippen molar-refractivity contribution < 1.29 is 0 Å². The van der Waals surface area contributed by atoms with Crippen molar-refractivity contribution >= 4 is 29.9 Å². The van der Waals surface area contributed by atoms with Gasteiger partial charge in [-0.1, -0.05) is 27.7 Å². The lowest BCUT2D eigenvalue weighted by Crippen LogP contribution is -2.17. The molecule has 2 atom stereocenters. The van der Waals surface area contributed by atoms with Gasteiger partial charge in [0.15, 0.2) is 0 Å². The second-order valence-corrected chi connectivity index (χ2v) is 3.30. The van der Waals surface area contributed by atoms with Crippen LogP contribution in [-0.4, -0.2) is 5.71 Å². The minimum absolute atomic E-state index is 0. The van der Waals surface area contributed by atoms with Crippen LogP contribution in [0.15, 0.2) is 4.51 Å². The van der Waals surface area contributed by atoms with Gasteiger partial charge in [0.25, 0.3) is 0 Å². The lowest BCUT2D eigenvalue weighted by atomic mass is 9.91. The van der Waals surface area contributed by atoms with Gasteiger partial charge >= 0.3 is 0 Å². The summed E-state index contributed by atoms with van der Waals surface area (Å²) in [6.07, 6.45) is 2.24. The van der Waals surface area contributed by atoms with Crippen LogP contribution in [0.2, 0.25) is 0 Å². The first kappa shape index (κ1) is 14.8. The van der Waals surface area contributed by atoms with Gasteiger partial charge in [0.05, 0.1) is 0 Å². The summed E-state index contributed by atoms with van der Waals surface area (Å²) in [7, 11) is 0. The molecule has 0 aliphatic carbocycles. The van der Waals surface area contributed by atoms with Crippen LogP contribution < -0.4 is 0 Å². The first-order chi connectivity index (χ1) is 5.17.